The first-order valence-electron chi connectivity index (χ1n) is 3.35. The summed E-state index contributed by atoms with van der Waals surface area (Å²) in [5.74, 6) is -0.137. The highest BCUT2D eigenvalue weighted by molar-refractivity contribution is 6.30. The van der Waals surface area contributed by atoms with Crippen molar-refractivity contribution in [2.24, 2.45) is 0 Å². The molecule has 0 N–H and O–H groups in total. The molecule has 4 heteroatoms. The fraction of sp³-hybridized carbons (Fsp3) is 0.714. The predicted molar refractivity (Wildman–Crippen MR) is 43.2 cm³/mol. The summed E-state index contributed by atoms with van der Waals surface area (Å²) in [7, 11) is 1.64. The van der Waals surface area contributed by atoms with Crippen LogP contribution >= 0.6 is 11.6 Å². The minimum atomic E-state index is -0.501. The minimum Gasteiger partial charge on any atom is -0.343 e. The number of carbonyl (C=O) groups excluding carboxylic acids is 1. The quantitative estimate of drug-likeness (QED) is 0.599. The van der Waals surface area contributed by atoms with Crippen LogP contribution in [0.5, 0.6) is 0 Å². The number of carbonyl (C=O) groups is 1. The maximum Gasteiger partial charge on any atom is 0.240 e. The zero-order valence-corrected chi connectivity index (χ0v) is 7.43. The van der Waals surface area contributed by atoms with Crippen LogP contribution in [-0.4, -0.2) is 29.8 Å². The molecule has 0 aromatic rings. The van der Waals surface area contributed by atoms with Crippen molar-refractivity contribution in [3.05, 3.63) is 0 Å². The summed E-state index contributed by atoms with van der Waals surface area (Å²) in [4.78, 5) is 12.5. The lowest BCUT2D eigenvalue weighted by atomic mass is 10.3. The molecule has 0 aromatic carbocycles. The highest BCUT2D eigenvalue weighted by atomic mass is 35.5. The van der Waals surface area contributed by atoms with E-state index in [0.717, 1.165) is 0 Å². The summed E-state index contributed by atoms with van der Waals surface area (Å²) < 4.78 is 0. The number of nitriles is 1. The van der Waals surface area contributed by atoms with Crippen LogP contribution in [0, 0.1) is 11.3 Å². The van der Waals surface area contributed by atoms with E-state index in [1.54, 1.807) is 14.0 Å². The summed E-state index contributed by atoms with van der Waals surface area (Å²) in [6.45, 7) is 2.07. The summed E-state index contributed by atoms with van der Waals surface area (Å²) in [6.07, 6.45) is 0.353. The molecule has 0 aliphatic carbocycles. The molecule has 0 rings (SSSR count). The molecular formula is C7H11ClN2O. The maximum absolute atomic E-state index is 11.0. The van der Waals surface area contributed by atoms with Crippen molar-refractivity contribution < 1.29 is 4.79 Å². The van der Waals surface area contributed by atoms with Gasteiger partial charge in [0.05, 0.1) is 12.5 Å². The van der Waals surface area contributed by atoms with E-state index in [-0.39, 0.29) is 5.91 Å². The number of alkyl halides is 1. The topological polar surface area (TPSA) is 44.1 Å². The average Bonchev–Trinajstić information content (AvgIpc) is 1.98. The molecule has 0 heterocycles. The van der Waals surface area contributed by atoms with Gasteiger partial charge >= 0.3 is 0 Å². The molecule has 0 aromatic heterocycles. The van der Waals surface area contributed by atoms with E-state index < -0.39 is 5.38 Å². The fourth-order valence-corrected chi connectivity index (χ4v) is 0.798. The Morgan fingerprint density at radius 2 is 2.36 bits per heavy atom. The van der Waals surface area contributed by atoms with Crippen molar-refractivity contribution in [3.8, 4) is 6.07 Å². The first-order valence-corrected chi connectivity index (χ1v) is 3.79. The molecule has 62 valence electrons. The third-order valence-corrected chi connectivity index (χ3v) is 1.46. The van der Waals surface area contributed by atoms with Crippen molar-refractivity contribution in [2.45, 2.75) is 18.7 Å². The van der Waals surface area contributed by atoms with Crippen LogP contribution < -0.4 is 0 Å². The van der Waals surface area contributed by atoms with Gasteiger partial charge in [-0.2, -0.15) is 5.26 Å². The van der Waals surface area contributed by atoms with Crippen LogP contribution in [0.15, 0.2) is 0 Å². The van der Waals surface area contributed by atoms with Gasteiger partial charge in [-0.3, -0.25) is 4.79 Å². The van der Waals surface area contributed by atoms with E-state index in [2.05, 4.69) is 0 Å². The van der Waals surface area contributed by atoms with Gasteiger partial charge in [-0.25, -0.2) is 0 Å². The van der Waals surface area contributed by atoms with Gasteiger partial charge in [0.2, 0.25) is 5.91 Å². The summed E-state index contributed by atoms with van der Waals surface area (Å²) in [5, 5.41) is 7.71. The third-order valence-electron chi connectivity index (χ3n) is 1.28. The number of halogens is 1. The van der Waals surface area contributed by atoms with Gasteiger partial charge in [-0.15, -0.1) is 11.6 Å². The molecule has 3 nitrogen and oxygen atoms in total. The maximum atomic E-state index is 11.0. The van der Waals surface area contributed by atoms with Crippen LogP contribution in [0.2, 0.25) is 0 Å². The van der Waals surface area contributed by atoms with Crippen LogP contribution in [0.4, 0.5) is 0 Å². The molecule has 0 radical (unpaired) electrons. The molecular weight excluding hydrogens is 164 g/mol. The molecule has 11 heavy (non-hydrogen) atoms. The van der Waals surface area contributed by atoms with E-state index >= 15 is 0 Å². The molecule has 0 fully saturated rings. The van der Waals surface area contributed by atoms with E-state index in [0.29, 0.717) is 13.0 Å². The lowest BCUT2D eigenvalue weighted by molar-refractivity contribution is -0.129. The zero-order valence-electron chi connectivity index (χ0n) is 6.67. The Balaban J connectivity index is 3.75. The molecule has 0 aliphatic rings. The Morgan fingerprint density at radius 3 is 2.73 bits per heavy atom. The second-order valence-electron chi connectivity index (χ2n) is 2.28. The molecule has 0 saturated carbocycles. The predicted octanol–water partition coefficient (Wildman–Crippen LogP) is 0.986. The Bertz CT molecular complexity index is 174. The van der Waals surface area contributed by atoms with Crippen LogP contribution in [0.1, 0.15) is 13.3 Å². The van der Waals surface area contributed by atoms with E-state index in [4.69, 9.17) is 16.9 Å². The third kappa shape index (κ3) is 3.84. The van der Waals surface area contributed by atoms with Crippen LogP contribution in [0.3, 0.4) is 0 Å². The van der Waals surface area contributed by atoms with Crippen LogP contribution in [0.25, 0.3) is 0 Å². The SMILES string of the molecule is C[C@H](Cl)C(=O)N(C)CCC#N. The van der Waals surface area contributed by atoms with Gasteiger partial charge in [-0.05, 0) is 6.92 Å². The number of hydrogen-bond acceptors (Lipinski definition) is 2. The van der Waals surface area contributed by atoms with Gasteiger partial charge in [0.25, 0.3) is 0 Å². The summed E-state index contributed by atoms with van der Waals surface area (Å²) in [6, 6.07) is 1.96. The van der Waals surface area contributed by atoms with Gasteiger partial charge in [0.1, 0.15) is 5.38 Å². The minimum absolute atomic E-state index is 0.137. The fourth-order valence-electron chi connectivity index (χ4n) is 0.632. The number of nitrogens with zero attached hydrogens (tertiary/aromatic N) is 2. The van der Waals surface area contributed by atoms with E-state index in [1.807, 2.05) is 6.07 Å². The van der Waals surface area contributed by atoms with Crippen molar-refractivity contribution in [2.75, 3.05) is 13.6 Å². The normalized spacial score (nSPS) is 11.8. The van der Waals surface area contributed by atoms with Gasteiger partial charge < -0.3 is 4.90 Å². The molecule has 0 saturated heterocycles. The number of hydrogen-bond donors (Lipinski definition) is 0. The van der Waals surface area contributed by atoms with Gasteiger partial charge in [0, 0.05) is 13.6 Å². The van der Waals surface area contributed by atoms with Gasteiger partial charge in [0.15, 0.2) is 0 Å². The van der Waals surface area contributed by atoms with Crippen LogP contribution in [-0.2, 0) is 4.79 Å². The lowest BCUT2D eigenvalue weighted by Gasteiger charge is -2.16. The molecule has 0 aliphatic heterocycles. The summed E-state index contributed by atoms with van der Waals surface area (Å²) >= 11 is 5.53. The molecule has 1 atom stereocenters. The molecule has 0 unspecified atom stereocenters. The Morgan fingerprint density at radius 1 is 1.82 bits per heavy atom. The Hall–Kier alpha value is -0.750. The smallest absolute Gasteiger partial charge is 0.240 e. The summed E-state index contributed by atoms with van der Waals surface area (Å²) in [5.41, 5.74) is 0. The standard InChI is InChI=1S/C7H11ClN2O/c1-6(8)7(11)10(2)5-3-4-9/h6H,3,5H2,1-2H3/t6-/m0/s1. The van der Waals surface area contributed by atoms with E-state index in [1.165, 1.54) is 4.90 Å². The Kier molecular flexibility index (Phi) is 4.64. The van der Waals surface area contributed by atoms with E-state index in [9.17, 15) is 4.79 Å². The molecule has 0 bridgehead atoms. The van der Waals surface area contributed by atoms with Gasteiger partial charge in [-0.1, -0.05) is 0 Å². The highest BCUT2D eigenvalue weighted by Gasteiger charge is 2.13. The average molecular weight is 175 g/mol. The molecule has 0 spiro atoms. The zero-order chi connectivity index (χ0) is 8.85. The second-order valence-corrected chi connectivity index (χ2v) is 2.94. The first-order chi connectivity index (χ1) is 5.09. The highest BCUT2D eigenvalue weighted by Crippen LogP contribution is 1.99. The largest absolute Gasteiger partial charge is 0.343 e. The second kappa shape index (κ2) is 4.97. The van der Waals surface area contributed by atoms with Crippen molar-refractivity contribution in [3.63, 3.8) is 0 Å². The van der Waals surface area contributed by atoms with Crippen molar-refractivity contribution in [1.29, 1.82) is 5.26 Å². The number of amides is 1. The first kappa shape index (κ1) is 10.2. The lowest BCUT2D eigenvalue weighted by Crippen LogP contribution is -2.32. The Labute approximate surface area is 71.5 Å². The monoisotopic (exact) mass is 174 g/mol. The molecule has 1 amide bonds. The number of rotatable bonds is 3. The van der Waals surface area contributed by atoms with Crippen molar-refractivity contribution in [1.82, 2.24) is 4.90 Å². The van der Waals surface area contributed by atoms with Crippen molar-refractivity contribution >= 4 is 17.5 Å².